The van der Waals surface area contributed by atoms with Crippen LogP contribution in [0.2, 0.25) is 0 Å². The average Bonchev–Trinajstić information content (AvgIpc) is 2.66. The lowest BCUT2D eigenvalue weighted by atomic mass is 9.98. The van der Waals surface area contributed by atoms with Crippen LogP contribution in [0.4, 0.5) is 0 Å². The quantitative estimate of drug-likeness (QED) is 0.797. The summed E-state index contributed by atoms with van der Waals surface area (Å²) >= 11 is 0. The number of carbonyl (C=O) groups is 1. The molecule has 0 aromatic heterocycles. The molecule has 2 aliphatic carbocycles. The van der Waals surface area contributed by atoms with Crippen molar-refractivity contribution in [2.75, 3.05) is 12.0 Å². The Bertz CT molecular complexity index is 377. The van der Waals surface area contributed by atoms with Gasteiger partial charge >= 0.3 is 0 Å². The van der Waals surface area contributed by atoms with E-state index in [4.69, 9.17) is 0 Å². The van der Waals surface area contributed by atoms with Crippen molar-refractivity contribution < 1.29 is 13.2 Å². The molecule has 4 nitrogen and oxygen atoms in total. The van der Waals surface area contributed by atoms with E-state index < -0.39 is 9.84 Å². The van der Waals surface area contributed by atoms with Crippen LogP contribution >= 0.6 is 0 Å². The van der Waals surface area contributed by atoms with Crippen molar-refractivity contribution in [1.29, 1.82) is 0 Å². The first-order valence-corrected chi connectivity index (χ1v) is 7.99. The van der Waals surface area contributed by atoms with Gasteiger partial charge in [-0.1, -0.05) is 12.8 Å². The van der Waals surface area contributed by atoms with Crippen LogP contribution in [0.5, 0.6) is 0 Å². The third-order valence-corrected chi connectivity index (χ3v) is 4.61. The molecule has 0 aromatic carbocycles. The largest absolute Gasteiger partial charge is 0.352 e. The Morgan fingerprint density at radius 2 is 2.00 bits per heavy atom. The molecule has 0 spiro atoms. The van der Waals surface area contributed by atoms with Gasteiger partial charge in [-0.05, 0) is 31.1 Å². The summed E-state index contributed by atoms with van der Waals surface area (Å²) in [5.41, 5.74) is 0. The highest BCUT2D eigenvalue weighted by Crippen LogP contribution is 2.43. The highest BCUT2D eigenvalue weighted by molar-refractivity contribution is 7.91. The van der Waals surface area contributed by atoms with Crippen molar-refractivity contribution in [2.24, 2.45) is 11.8 Å². The summed E-state index contributed by atoms with van der Waals surface area (Å²) < 4.78 is 22.0. The van der Waals surface area contributed by atoms with Crippen LogP contribution < -0.4 is 5.32 Å². The molecule has 0 saturated heterocycles. The normalized spacial score (nSPS) is 33.7. The first-order chi connectivity index (χ1) is 7.46. The Morgan fingerprint density at radius 3 is 2.69 bits per heavy atom. The molecule has 16 heavy (non-hydrogen) atoms. The van der Waals surface area contributed by atoms with Gasteiger partial charge in [0.25, 0.3) is 0 Å². The fraction of sp³-hybridized carbons (Fsp3) is 0.909. The van der Waals surface area contributed by atoms with Crippen LogP contribution in [0.3, 0.4) is 0 Å². The van der Waals surface area contributed by atoms with E-state index in [2.05, 4.69) is 5.32 Å². The topological polar surface area (TPSA) is 63.2 Å². The lowest BCUT2D eigenvalue weighted by Crippen LogP contribution is -2.40. The highest BCUT2D eigenvalue weighted by atomic mass is 32.2. The van der Waals surface area contributed by atoms with E-state index in [1.807, 2.05) is 0 Å². The highest BCUT2D eigenvalue weighted by Gasteiger charge is 2.39. The molecule has 92 valence electrons. The third-order valence-electron chi connectivity index (χ3n) is 3.82. The summed E-state index contributed by atoms with van der Waals surface area (Å²) in [6, 6.07) is 0.224. The van der Waals surface area contributed by atoms with E-state index in [0.717, 1.165) is 18.6 Å². The van der Waals surface area contributed by atoms with Gasteiger partial charge in [0.1, 0.15) is 5.75 Å². The molecule has 2 aliphatic rings. The van der Waals surface area contributed by atoms with Gasteiger partial charge < -0.3 is 5.32 Å². The van der Waals surface area contributed by atoms with Crippen LogP contribution in [0.15, 0.2) is 0 Å². The molecule has 0 heterocycles. The molecule has 2 saturated carbocycles. The Labute approximate surface area is 96.7 Å². The molecular formula is C11H19NO3S. The zero-order chi connectivity index (χ0) is 11.8. The monoisotopic (exact) mass is 245 g/mol. The van der Waals surface area contributed by atoms with Gasteiger partial charge in [0.05, 0.1) is 0 Å². The lowest BCUT2D eigenvalue weighted by Gasteiger charge is -2.19. The van der Waals surface area contributed by atoms with Gasteiger partial charge in [0.2, 0.25) is 5.91 Å². The van der Waals surface area contributed by atoms with Crippen molar-refractivity contribution in [3.63, 3.8) is 0 Å². The molecule has 0 aliphatic heterocycles. The maximum absolute atomic E-state index is 11.5. The van der Waals surface area contributed by atoms with Crippen LogP contribution in [0.25, 0.3) is 0 Å². The van der Waals surface area contributed by atoms with Gasteiger partial charge in [-0.25, -0.2) is 8.42 Å². The first kappa shape index (κ1) is 11.9. The van der Waals surface area contributed by atoms with E-state index in [1.165, 1.54) is 25.7 Å². The summed E-state index contributed by atoms with van der Waals surface area (Å²) in [5.74, 6) is 0.660. The number of hydrogen-bond acceptors (Lipinski definition) is 3. The number of amides is 1. The smallest absolute Gasteiger partial charge is 0.235 e. The molecule has 3 atom stereocenters. The van der Waals surface area contributed by atoms with Gasteiger partial charge in [-0.2, -0.15) is 0 Å². The van der Waals surface area contributed by atoms with Crippen molar-refractivity contribution >= 4 is 15.7 Å². The summed E-state index contributed by atoms with van der Waals surface area (Å²) in [7, 11) is -3.20. The van der Waals surface area contributed by atoms with Crippen molar-refractivity contribution in [3.05, 3.63) is 0 Å². The molecule has 5 heteroatoms. The maximum Gasteiger partial charge on any atom is 0.235 e. The summed E-state index contributed by atoms with van der Waals surface area (Å²) in [6.45, 7) is 0. The van der Waals surface area contributed by atoms with Crippen LogP contribution in [0.1, 0.15) is 32.1 Å². The molecule has 1 N–H and O–H groups in total. The van der Waals surface area contributed by atoms with E-state index >= 15 is 0 Å². The molecule has 2 rings (SSSR count). The molecule has 0 aromatic rings. The Kier molecular flexibility index (Phi) is 3.24. The second kappa shape index (κ2) is 4.35. The maximum atomic E-state index is 11.5. The first-order valence-electron chi connectivity index (χ1n) is 5.93. The fourth-order valence-electron chi connectivity index (χ4n) is 3.23. The molecule has 0 unspecified atom stereocenters. The van der Waals surface area contributed by atoms with Gasteiger partial charge in [0.15, 0.2) is 9.84 Å². The Balaban J connectivity index is 1.88. The summed E-state index contributed by atoms with van der Waals surface area (Å²) in [4.78, 5) is 11.5. The van der Waals surface area contributed by atoms with Crippen molar-refractivity contribution in [1.82, 2.24) is 5.32 Å². The van der Waals surface area contributed by atoms with E-state index in [0.29, 0.717) is 5.92 Å². The molecule has 2 fully saturated rings. The van der Waals surface area contributed by atoms with Gasteiger partial charge in [0, 0.05) is 12.3 Å². The zero-order valence-corrected chi connectivity index (χ0v) is 10.4. The van der Waals surface area contributed by atoms with E-state index in [9.17, 15) is 13.2 Å². The van der Waals surface area contributed by atoms with Gasteiger partial charge in [-0.3, -0.25) is 4.79 Å². The van der Waals surface area contributed by atoms with Crippen LogP contribution in [-0.2, 0) is 14.6 Å². The molecule has 0 radical (unpaired) electrons. The molecule has 0 bridgehead atoms. The number of hydrogen-bond donors (Lipinski definition) is 1. The summed E-state index contributed by atoms with van der Waals surface area (Å²) in [6.07, 6.45) is 7.03. The number of sulfone groups is 1. The lowest BCUT2D eigenvalue weighted by molar-refractivity contribution is -0.119. The predicted molar refractivity (Wildman–Crippen MR) is 61.7 cm³/mol. The average molecular weight is 245 g/mol. The van der Waals surface area contributed by atoms with Crippen molar-refractivity contribution in [3.8, 4) is 0 Å². The summed E-state index contributed by atoms with van der Waals surface area (Å²) in [5, 5.41) is 2.89. The fourth-order valence-corrected chi connectivity index (χ4v) is 3.79. The van der Waals surface area contributed by atoms with E-state index in [1.54, 1.807) is 0 Å². The van der Waals surface area contributed by atoms with Crippen LogP contribution in [0, 0.1) is 11.8 Å². The number of rotatable bonds is 3. The minimum atomic E-state index is -3.20. The molecular weight excluding hydrogens is 226 g/mol. The minimum absolute atomic E-state index is 0.224. The number of nitrogens with one attached hydrogen (secondary N) is 1. The Morgan fingerprint density at radius 1 is 1.25 bits per heavy atom. The SMILES string of the molecule is CS(=O)(=O)CC(=O)N[C@H]1CC[C@@H]2CCC[C@@H]21. The van der Waals surface area contributed by atoms with Crippen molar-refractivity contribution in [2.45, 2.75) is 38.1 Å². The zero-order valence-electron chi connectivity index (χ0n) is 9.61. The van der Waals surface area contributed by atoms with Gasteiger partial charge in [-0.15, -0.1) is 0 Å². The van der Waals surface area contributed by atoms with E-state index in [-0.39, 0.29) is 17.7 Å². The second-order valence-corrected chi connectivity index (χ2v) is 7.32. The predicted octanol–water partition coefficient (Wildman–Crippen LogP) is 0.726. The molecule has 1 amide bonds. The standard InChI is InChI=1S/C11H19NO3S/c1-16(14,15)7-11(13)12-10-6-5-8-3-2-4-9(8)10/h8-10H,2-7H2,1H3,(H,12,13)/t8-,9-,10-/m0/s1. The Hall–Kier alpha value is -0.580. The third kappa shape index (κ3) is 2.75. The number of fused-ring (bicyclic) bond motifs is 1. The van der Waals surface area contributed by atoms with Crippen LogP contribution in [-0.4, -0.2) is 32.4 Å². The number of carbonyl (C=O) groups excluding carboxylic acids is 1. The second-order valence-electron chi connectivity index (χ2n) is 5.18. The minimum Gasteiger partial charge on any atom is -0.352 e.